The molecule has 1 heterocycles. The summed E-state index contributed by atoms with van der Waals surface area (Å²) in [5.74, 6) is 0. The zero-order valence-electron chi connectivity index (χ0n) is 14.7. The normalized spacial score (nSPS) is 19.5. The van der Waals surface area contributed by atoms with Crippen LogP contribution in [0, 0.1) is 5.41 Å². The third-order valence-electron chi connectivity index (χ3n) is 3.87. The molecule has 0 bridgehead atoms. The van der Waals surface area contributed by atoms with Crippen LogP contribution in [0.3, 0.4) is 0 Å². The molecule has 3 nitrogen and oxygen atoms in total. The van der Waals surface area contributed by atoms with Gasteiger partial charge in [-0.3, -0.25) is 4.90 Å². The topological polar surface area (TPSA) is 15.7 Å². The Kier molecular flexibility index (Phi) is 6.96. The van der Waals surface area contributed by atoms with Crippen LogP contribution in [0.2, 0.25) is 0 Å². The van der Waals surface area contributed by atoms with Gasteiger partial charge >= 0.3 is 0 Å². The summed E-state index contributed by atoms with van der Waals surface area (Å²) in [5, 5.41) is 0. The monoisotopic (exact) mass is 284 g/mol. The van der Waals surface area contributed by atoms with Crippen LogP contribution in [0.1, 0.15) is 54.4 Å². The lowest BCUT2D eigenvalue weighted by molar-refractivity contribution is 0.0535. The van der Waals surface area contributed by atoms with E-state index in [0.29, 0.717) is 11.0 Å². The summed E-state index contributed by atoms with van der Waals surface area (Å²) in [4.78, 5) is 5.20. The van der Waals surface area contributed by atoms with Crippen molar-refractivity contribution in [3.8, 4) is 0 Å². The van der Waals surface area contributed by atoms with Crippen molar-refractivity contribution >= 4 is 0 Å². The van der Waals surface area contributed by atoms with Gasteiger partial charge in [-0.1, -0.05) is 20.8 Å². The second kappa shape index (κ2) is 7.77. The number of hydrogen-bond acceptors (Lipinski definition) is 3. The highest BCUT2D eigenvalue weighted by molar-refractivity contribution is 4.81. The standard InChI is InChI=1S/C17H36N2O/c1-16(2,3)15-20-14-8-7-9-18-10-12-19(13-11-18)17(4,5)6/h7-15H2,1-6H3. The average molecular weight is 284 g/mol. The van der Waals surface area contributed by atoms with E-state index in [4.69, 9.17) is 4.74 Å². The molecule has 0 atom stereocenters. The van der Waals surface area contributed by atoms with Crippen LogP contribution >= 0.6 is 0 Å². The van der Waals surface area contributed by atoms with Crippen LogP contribution < -0.4 is 0 Å². The van der Waals surface area contributed by atoms with E-state index in [2.05, 4.69) is 51.3 Å². The third kappa shape index (κ3) is 7.61. The molecule has 3 heteroatoms. The second-order valence-electron chi connectivity index (χ2n) is 8.32. The fraction of sp³-hybridized carbons (Fsp3) is 1.00. The van der Waals surface area contributed by atoms with E-state index in [0.717, 1.165) is 13.2 Å². The van der Waals surface area contributed by atoms with Crippen molar-refractivity contribution in [3.05, 3.63) is 0 Å². The lowest BCUT2D eigenvalue weighted by atomic mass is 9.99. The van der Waals surface area contributed by atoms with Gasteiger partial charge in [-0.15, -0.1) is 0 Å². The van der Waals surface area contributed by atoms with E-state index in [1.807, 2.05) is 0 Å². The summed E-state index contributed by atoms with van der Waals surface area (Å²) in [6.07, 6.45) is 2.45. The van der Waals surface area contributed by atoms with Crippen LogP contribution in [0.15, 0.2) is 0 Å². The van der Waals surface area contributed by atoms with Crippen LogP contribution in [0.25, 0.3) is 0 Å². The maximum atomic E-state index is 5.72. The van der Waals surface area contributed by atoms with Gasteiger partial charge < -0.3 is 9.64 Å². The van der Waals surface area contributed by atoms with E-state index in [-0.39, 0.29) is 0 Å². The Morgan fingerprint density at radius 2 is 1.45 bits per heavy atom. The second-order valence-corrected chi connectivity index (χ2v) is 8.32. The number of nitrogens with zero attached hydrogens (tertiary/aromatic N) is 2. The van der Waals surface area contributed by atoms with E-state index in [9.17, 15) is 0 Å². The first-order valence-electron chi connectivity index (χ1n) is 8.24. The molecule has 0 amide bonds. The van der Waals surface area contributed by atoms with Crippen molar-refractivity contribution in [2.75, 3.05) is 45.9 Å². The fourth-order valence-corrected chi connectivity index (χ4v) is 2.56. The molecule has 0 aromatic heterocycles. The number of piperazine rings is 1. The minimum atomic E-state index is 0.295. The summed E-state index contributed by atoms with van der Waals surface area (Å²) < 4.78 is 5.72. The molecular formula is C17H36N2O. The predicted molar refractivity (Wildman–Crippen MR) is 87.3 cm³/mol. The molecule has 0 aromatic carbocycles. The number of unbranched alkanes of at least 4 members (excludes halogenated alkanes) is 1. The molecule has 1 fully saturated rings. The zero-order valence-corrected chi connectivity index (χ0v) is 14.7. The van der Waals surface area contributed by atoms with Crippen LogP contribution in [-0.2, 0) is 4.74 Å². The van der Waals surface area contributed by atoms with Crippen molar-refractivity contribution in [1.82, 2.24) is 9.80 Å². The SMILES string of the molecule is CC(C)(C)COCCCCN1CCN(C(C)(C)C)CC1. The maximum Gasteiger partial charge on any atom is 0.0514 e. The molecule has 0 unspecified atom stereocenters. The molecule has 0 saturated carbocycles. The van der Waals surface area contributed by atoms with E-state index < -0.39 is 0 Å². The first-order chi connectivity index (χ1) is 9.18. The predicted octanol–water partition coefficient (Wildman–Crippen LogP) is 3.25. The summed E-state index contributed by atoms with van der Waals surface area (Å²) in [7, 11) is 0. The molecule has 0 N–H and O–H groups in total. The number of hydrogen-bond donors (Lipinski definition) is 0. The largest absolute Gasteiger partial charge is 0.381 e. The third-order valence-corrected chi connectivity index (χ3v) is 3.87. The van der Waals surface area contributed by atoms with E-state index in [1.165, 1.54) is 45.6 Å². The van der Waals surface area contributed by atoms with Crippen LogP contribution in [0.5, 0.6) is 0 Å². The smallest absolute Gasteiger partial charge is 0.0514 e. The Labute approximate surface area is 126 Å². The molecule has 1 aliphatic rings. The first kappa shape index (κ1) is 17.9. The Morgan fingerprint density at radius 1 is 0.850 bits per heavy atom. The van der Waals surface area contributed by atoms with Gasteiger partial charge in [0.25, 0.3) is 0 Å². The van der Waals surface area contributed by atoms with Gasteiger partial charge in [-0.05, 0) is 45.6 Å². The molecule has 0 aliphatic carbocycles. The van der Waals surface area contributed by atoms with Crippen molar-refractivity contribution in [2.45, 2.75) is 59.9 Å². The van der Waals surface area contributed by atoms with Crippen LogP contribution in [0.4, 0.5) is 0 Å². The highest BCUT2D eigenvalue weighted by Gasteiger charge is 2.25. The molecule has 1 rings (SSSR count). The lowest BCUT2D eigenvalue weighted by Crippen LogP contribution is -2.53. The Bertz CT molecular complexity index is 257. The van der Waals surface area contributed by atoms with Crippen molar-refractivity contribution in [2.24, 2.45) is 5.41 Å². The van der Waals surface area contributed by atoms with Gasteiger partial charge in [0.1, 0.15) is 0 Å². The highest BCUT2D eigenvalue weighted by Crippen LogP contribution is 2.16. The van der Waals surface area contributed by atoms with Gasteiger partial charge in [0.2, 0.25) is 0 Å². The fourth-order valence-electron chi connectivity index (χ4n) is 2.56. The maximum absolute atomic E-state index is 5.72. The van der Waals surface area contributed by atoms with Gasteiger partial charge in [-0.25, -0.2) is 0 Å². The minimum absolute atomic E-state index is 0.295. The van der Waals surface area contributed by atoms with Crippen molar-refractivity contribution in [1.29, 1.82) is 0 Å². The summed E-state index contributed by atoms with van der Waals surface area (Å²) in [6.45, 7) is 21.5. The molecule has 120 valence electrons. The molecule has 20 heavy (non-hydrogen) atoms. The summed E-state index contributed by atoms with van der Waals surface area (Å²) >= 11 is 0. The molecule has 1 saturated heterocycles. The van der Waals surface area contributed by atoms with Gasteiger partial charge in [0, 0.05) is 38.3 Å². The Balaban J connectivity index is 2.02. The first-order valence-corrected chi connectivity index (χ1v) is 8.24. The highest BCUT2D eigenvalue weighted by atomic mass is 16.5. The number of rotatable bonds is 6. The molecule has 1 aliphatic heterocycles. The quantitative estimate of drug-likeness (QED) is 0.696. The van der Waals surface area contributed by atoms with Crippen molar-refractivity contribution in [3.63, 3.8) is 0 Å². The molecule has 0 radical (unpaired) electrons. The zero-order chi connectivity index (χ0) is 15.2. The van der Waals surface area contributed by atoms with E-state index in [1.54, 1.807) is 0 Å². The summed E-state index contributed by atoms with van der Waals surface area (Å²) in [5.41, 5.74) is 0.621. The molecule has 0 aromatic rings. The average Bonchev–Trinajstić information content (AvgIpc) is 2.32. The minimum Gasteiger partial charge on any atom is -0.381 e. The van der Waals surface area contributed by atoms with Gasteiger partial charge in [0.15, 0.2) is 0 Å². The number of ether oxygens (including phenoxy) is 1. The van der Waals surface area contributed by atoms with Crippen molar-refractivity contribution < 1.29 is 4.74 Å². The van der Waals surface area contributed by atoms with E-state index >= 15 is 0 Å². The summed E-state index contributed by atoms with van der Waals surface area (Å²) in [6, 6.07) is 0. The van der Waals surface area contributed by atoms with Gasteiger partial charge in [-0.2, -0.15) is 0 Å². The Hall–Kier alpha value is -0.120. The molecular weight excluding hydrogens is 248 g/mol. The molecule has 0 spiro atoms. The Morgan fingerprint density at radius 3 is 1.95 bits per heavy atom. The van der Waals surface area contributed by atoms with Gasteiger partial charge in [0.05, 0.1) is 6.61 Å². The lowest BCUT2D eigenvalue weighted by Gasteiger charge is -2.42. The van der Waals surface area contributed by atoms with Crippen LogP contribution in [-0.4, -0.2) is 61.3 Å².